The molecule has 3 aromatic rings. The highest BCUT2D eigenvalue weighted by atomic mass is 32.2. The van der Waals surface area contributed by atoms with E-state index in [0.717, 1.165) is 4.88 Å². The summed E-state index contributed by atoms with van der Waals surface area (Å²) in [4.78, 5) is 39.6. The number of thioether (sulfide) groups is 1. The second-order valence-corrected chi connectivity index (χ2v) is 8.89. The lowest BCUT2D eigenvalue weighted by Crippen LogP contribution is -2.44. The number of carbonyl (C=O) groups is 2. The fraction of sp³-hybridized carbons (Fsp3) is 0.100. The first-order chi connectivity index (χ1) is 13.9. The monoisotopic (exact) mass is 442 g/mol. The predicted octanol–water partition coefficient (Wildman–Crippen LogP) is 4.08. The molecule has 4 rings (SSSR count). The van der Waals surface area contributed by atoms with Gasteiger partial charge >= 0.3 is 5.63 Å². The van der Waals surface area contributed by atoms with E-state index in [0.29, 0.717) is 25.9 Å². The quantitative estimate of drug-likeness (QED) is 0.373. The van der Waals surface area contributed by atoms with E-state index in [2.05, 4.69) is 5.32 Å². The van der Waals surface area contributed by atoms with Gasteiger partial charge in [0.1, 0.15) is 15.9 Å². The number of amides is 2. The number of hydrogen-bond donors (Lipinski definition) is 1. The third-order valence-electron chi connectivity index (χ3n) is 4.29. The average molecular weight is 443 g/mol. The van der Waals surface area contributed by atoms with Crippen molar-refractivity contribution in [2.75, 3.05) is 5.32 Å². The van der Waals surface area contributed by atoms with Gasteiger partial charge in [-0.05, 0) is 48.7 Å². The van der Waals surface area contributed by atoms with E-state index in [-0.39, 0.29) is 11.8 Å². The minimum absolute atomic E-state index is 0.281. The molecule has 3 heterocycles. The van der Waals surface area contributed by atoms with Crippen LogP contribution in [0.1, 0.15) is 11.8 Å². The van der Waals surface area contributed by atoms with Crippen LogP contribution in [0.5, 0.6) is 0 Å². The van der Waals surface area contributed by atoms with Crippen LogP contribution in [0.25, 0.3) is 17.0 Å². The van der Waals surface area contributed by atoms with Gasteiger partial charge < -0.3 is 9.73 Å². The summed E-state index contributed by atoms with van der Waals surface area (Å²) in [7, 11) is 0. The predicted molar refractivity (Wildman–Crippen MR) is 120 cm³/mol. The molecular weight excluding hydrogens is 428 g/mol. The summed E-state index contributed by atoms with van der Waals surface area (Å²) < 4.78 is 5.43. The largest absolute Gasteiger partial charge is 0.423 e. The van der Waals surface area contributed by atoms with Crippen molar-refractivity contribution in [1.82, 2.24) is 4.90 Å². The van der Waals surface area contributed by atoms with Crippen LogP contribution in [0, 0.1) is 0 Å². The summed E-state index contributed by atoms with van der Waals surface area (Å²) in [6.07, 6.45) is 1.78. The summed E-state index contributed by atoms with van der Waals surface area (Å²) >= 11 is 8.05. The first-order valence-electron chi connectivity index (χ1n) is 8.58. The molecule has 0 radical (unpaired) electrons. The van der Waals surface area contributed by atoms with Crippen LogP contribution < -0.4 is 10.9 Å². The van der Waals surface area contributed by atoms with E-state index in [9.17, 15) is 14.4 Å². The summed E-state index contributed by atoms with van der Waals surface area (Å²) in [5, 5.41) is 5.40. The molecule has 1 aromatic carbocycles. The highest BCUT2D eigenvalue weighted by molar-refractivity contribution is 8.26. The number of rotatable bonds is 4. The second-order valence-electron chi connectivity index (χ2n) is 6.24. The van der Waals surface area contributed by atoms with Crippen LogP contribution in [0.15, 0.2) is 62.0 Å². The Morgan fingerprint density at radius 3 is 2.83 bits per heavy atom. The molecule has 6 nitrogen and oxygen atoms in total. The molecular formula is C20H14N2O4S3. The Labute approximate surface area is 179 Å². The molecule has 146 valence electrons. The number of nitrogens with one attached hydrogen (secondary N) is 1. The molecule has 1 fully saturated rings. The van der Waals surface area contributed by atoms with Crippen molar-refractivity contribution in [2.24, 2.45) is 0 Å². The lowest BCUT2D eigenvalue weighted by Gasteiger charge is -2.22. The van der Waals surface area contributed by atoms with E-state index >= 15 is 0 Å². The van der Waals surface area contributed by atoms with Crippen LogP contribution in [0.4, 0.5) is 5.69 Å². The van der Waals surface area contributed by atoms with Crippen LogP contribution in [0.3, 0.4) is 0 Å². The van der Waals surface area contributed by atoms with Gasteiger partial charge in [0.25, 0.3) is 5.91 Å². The molecule has 1 aliphatic rings. The zero-order chi connectivity index (χ0) is 20.5. The van der Waals surface area contributed by atoms with E-state index in [1.807, 2.05) is 17.5 Å². The maximum Gasteiger partial charge on any atom is 0.336 e. The molecule has 1 unspecified atom stereocenters. The van der Waals surface area contributed by atoms with Crippen LogP contribution in [0.2, 0.25) is 0 Å². The third kappa shape index (κ3) is 4.02. The Morgan fingerprint density at radius 1 is 1.24 bits per heavy atom. The van der Waals surface area contributed by atoms with Gasteiger partial charge in [-0.1, -0.05) is 30.0 Å². The first-order valence-corrected chi connectivity index (χ1v) is 10.7. The number of thiocarbonyl (C=S) groups is 1. The number of hydrogen-bond acceptors (Lipinski definition) is 7. The Hall–Kier alpha value is -2.75. The number of thiophene rings is 1. The van der Waals surface area contributed by atoms with Crippen LogP contribution >= 0.6 is 35.3 Å². The van der Waals surface area contributed by atoms with Crippen LogP contribution in [-0.2, 0) is 9.59 Å². The van der Waals surface area contributed by atoms with Gasteiger partial charge in [0, 0.05) is 22.0 Å². The van der Waals surface area contributed by atoms with Crippen LogP contribution in [-0.4, -0.2) is 27.1 Å². The number of anilines is 1. The van der Waals surface area contributed by atoms with Gasteiger partial charge in [0.15, 0.2) is 0 Å². The second kappa shape index (κ2) is 7.94. The maximum atomic E-state index is 12.8. The van der Waals surface area contributed by atoms with Crippen molar-refractivity contribution in [1.29, 1.82) is 0 Å². The summed E-state index contributed by atoms with van der Waals surface area (Å²) in [6, 6.07) is 10.9. The molecule has 1 aliphatic heterocycles. The smallest absolute Gasteiger partial charge is 0.336 e. The van der Waals surface area contributed by atoms with Gasteiger partial charge in [-0.25, -0.2) is 4.79 Å². The molecule has 1 atom stereocenters. The molecule has 2 amide bonds. The van der Waals surface area contributed by atoms with E-state index in [4.69, 9.17) is 16.6 Å². The molecule has 1 N–H and O–H groups in total. The molecule has 0 aliphatic carbocycles. The van der Waals surface area contributed by atoms with Crippen molar-refractivity contribution in [3.05, 3.63) is 68.0 Å². The average Bonchev–Trinajstić information content (AvgIpc) is 3.29. The lowest BCUT2D eigenvalue weighted by molar-refractivity contribution is -0.129. The molecule has 0 bridgehead atoms. The van der Waals surface area contributed by atoms with Gasteiger partial charge in [-0.15, -0.1) is 11.3 Å². The summed E-state index contributed by atoms with van der Waals surface area (Å²) in [6.45, 7) is 1.63. The van der Waals surface area contributed by atoms with Gasteiger partial charge in [0.2, 0.25) is 5.91 Å². The minimum atomic E-state index is -0.777. The maximum absolute atomic E-state index is 12.8. The minimum Gasteiger partial charge on any atom is -0.423 e. The van der Waals surface area contributed by atoms with Crippen molar-refractivity contribution >= 4 is 74.2 Å². The normalized spacial score (nSPS) is 16.6. The highest BCUT2D eigenvalue weighted by Crippen LogP contribution is 2.34. The topological polar surface area (TPSA) is 79.6 Å². The van der Waals surface area contributed by atoms with E-state index in [1.165, 1.54) is 34.1 Å². The van der Waals surface area contributed by atoms with E-state index < -0.39 is 11.7 Å². The Kier molecular flexibility index (Phi) is 5.35. The van der Waals surface area contributed by atoms with Gasteiger partial charge in [0.05, 0.1) is 4.91 Å². The third-order valence-corrected chi connectivity index (χ3v) is 6.44. The summed E-state index contributed by atoms with van der Waals surface area (Å²) in [5.74, 6) is -0.647. The van der Waals surface area contributed by atoms with Crippen molar-refractivity contribution in [3.63, 3.8) is 0 Å². The number of benzene rings is 1. The summed E-state index contributed by atoms with van der Waals surface area (Å²) in [5.41, 5.74) is 0.523. The fourth-order valence-electron chi connectivity index (χ4n) is 2.83. The van der Waals surface area contributed by atoms with Crippen molar-refractivity contribution < 1.29 is 14.0 Å². The van der Waals surface area contributed by atoms with Gasteiger partial charge in [-0.2, -0.15) is 0 Å². The number of nitrogens with zero attached hydrogens (tertiary/aromatic N) is 1. The number of fused-ring (bicyclic) bond motifs is 1. The molecule has 0 saturated carbocycles. The highest BCUT2D eigenvalue weighted by Gasteiger charge is 2.38. The fourth-order valence-corrected chi connectivity index (χ4v) is 4.97. The number of carbonyl (C=O) groups excluding carboxylic acids is 2. The lowest BCUT2D eigenvalue weighted by atomic mass is 10.2. The molecule has 0 spiro atoms. The molecule has 29 heavy (non-hydrogen) atoms. The molecule has 1 saturated heterocycles. The van der Waals surface area contributed by atoms with E-state index in [1.54, 1.807) is 37.3 Å². The standard InChI is InChI=1S/C20H14N2O4S3/c1-11(22-19(25)16(29-20(22)27)10-14-3-2-8-28-14)18(24)21-13-5-6-15-12(9-13)4-7-17(23)26-15/h2-11H,1H3,(H,21,24)/b16-10-. The Balaban J connectivity index is 1.51. The van der Waals surface area contributed by atoms with Crippen molar-refractivity contribution in [3.8, 4) is 0 Å². The molecule has 2 aromatic heterocycles. The Morgan fingerprint density at radius 2 is 2.07 bits per heavy atom. The zero-order valence-corrected chi connectivity index (χ0v) is 17.5. The molecule has 9 heteroatoms. The zero-order valence-electron chi connectivity index (χ0n) is 15.1. The first kappa shape index (κ1) is 19.6. The Bertz CT molecular complexity index is 1210. The van der Waals surface area contributed by atoms with Crippen molar-refractivity contribution in [2.45, 2.75) is 13.0 Å². The SMILES string of the molecule is CC(C(=O)Nc1ccc2oc(=O)ccc2c1)N1C(=O)/C(=C/c2cccs2)SC1=S. The van der Waals surface area contributed by atoms with Gasteiger partial charge in [-0.3, -0.25) is 14.5 Å².